The zero-order valence-electron chi connectivity index (χ0n) is 8.12. The zero-order valence-corrected chi connectivity index (χ0v) is 8.94. The minimum absolute atomic E-state index is 0.0671. The molecular weight excluding hydrogens is 188 g/mol. The predicted molar refractivity (Wildman–Crippen MR) is 52.3 cm³/mol. The highest BCUT2D eigenvalue weighted by Gasteiger charge is 2.22. The van der Waals surface area contributed by atoms with Gasteiger partial charge in [-0.25, -0.2) is 0 Å². The van der Waals surface area contributed by atoms with E-state index in [0.29, 0.717) is 18.1 Å². The monoisotopic (exact) mass is 202 g/mol. The minimum Gasteiger partial charge on any atom is -0.467 e. The van der Waals surface area contributed by atoms with Gasteiger partial charge in [0.1, 0.15) is 5.76 Å². The molecule has 0 amide bonds. The third-order valence-corrected chi connectivity index (χ3v) is 2.97. The molecule has 0 unspecified atom stereocenters. The van der Waals surface area contributed by atoms with E-state index in [0.717, 1.165) is 4.91 Å². The molecule has 0 aromatic rings. The van der Waals surface area contributed by atoms with E-state index in [1.165, 1.54) is 11.8 Å². The number of hydrogen-bond donors (Lipinski definition) is 0. The van der Waals surface area contributed by atoms with Gasteiger partial charge >= 0.3 is 0 Å². The Morgan fingerprint density at radius 1 is 1.77 bits per heavy atom. The molecule has 0 aromatic heterocycles. The predicted octanol–water partition coefficient (Wildman–Crippen LogP) is 1.93. The second kappa shape index (κ2) is 4.67. The summed E-state index contributed by atoms with van der Waals surface area (Å²) in [7, 11) is 0. The van der Waals surface area contributed by atoms with Crippen molar-refractivity contribution in [1.29, 1.82) is 0 Å². The fourth-order valence-electron chi connectivity index (χ4n) is 1.16. The number of carbonyl (C=O) groups is 1. The number of rotatable bonds is 3. The van der Waals surface area contributed by atoms with Crippen molar-refractivity contribution in [2.75, 3.05) is 12.4 Å². The van der Waals surface area contributed by atoms with Gasteiger partial charge in [-0.15, -0.1) is 11.8 Å². The highest BCUT2D eigenvalue weighted by molar-refractivity contribution is 8.04. The number of allylic oxidation sites excluding steroid dienone is 2. The van der Waals surface area contributed by atoms with Crippen LogP contribution in [0.3, 0.4) is 0 Å². The maximum absolute atomic E-state index is 11.1. The van der Waals surface area contributed by atoms with E-state index in [1.54, 1.807) is 13.8 Å². The summed E-state index contributed by atoms with van der Waals surface area (Å²) in [5.41, 5.74) is 0. The average molecular weight is 202 g/mol. The van der Waals surface area contributed by atoms with E-state index in [4.69, 9.17) is 9.47 Å². The molecule has 0 radical (unpaired) electrons. The standard InChI is InChI=1S/C9H14O3S/c1-4-11-8-5-13-9(6(2)10)7(3)12-8/h8H,4-5H2,1-3H3/t8-/m1/s1. The molecule has 0 bridgehead atoms. The van der Waals surface area contributed by atoms with Crippen LogP contribution in [0.25, 0.3) is 0 Å². The van der Waals surface area contributed by atoms with Gasteiger partial charge in [0.15, 0.2) is 5.78 Å². The van der Waals surface area contributed by atoms with Gasteiger partial charge in [-0.05, 0) is 20.8 Å². The van der Waals surface area contributed by atoms with Crippen LogP contribution in [0.2, 0.25) is 0 Å². The molecule has 0 fully saturated rings. The molecule has 1 aliphatic heterocycles. The molecule has 3 nitrogen and oxygen atoms in total. The second-order valence-electron chi connectivity index (χ2n) is 2.76. The Hall–Kier alpha value is -0.480. The third-order valence-electron chi connectivity index (χ3n) is 1.66. The molecule has 0 saturated heterocycles. The van der Waals surface area contributed by atoms with Crippen LogP contribution in [0.1, 0.15) is 20.8 Å². The van der Waals surface area contributed by atoms with Gasteiger partial charge in [-0.2, -0.15) is 0 Å². The first kappa shape index (κ1) is 10.6. The smallest absolute Gasteiger partial charge is 0.208 e. The summed E-state index contributed by atoms with van der Waals surface area (Å²) in [6.07, 6.45) is -0.196. The Morgan fingerprint density at radius 2 is 2.46 bits per heavy atom. The number of carbonyl (C=O) groups excluding carboxylic acids is 1. The Labute approximate surface area is 82.5 Å². The van der Waals surface area contributed by atoms with Gasteiger partial charge in [0.2, 0.25) is 6.29 Å². The summed E-state index contributed by atoms with van der Waals surface area (Å²) in [6, 6.07) is 0. The van der Waals surface area contributed by atoms with E-state index < -0.39 is 0 Å². The van der Waals surface area contributed by atoms with Crippen molar-refractivity contribution in [3.8, 4) is 0 Å². The molecule has 4 heteroatoms. The van der Waals surface area contributed by atoms with Crippen molar-refractivity contribution in [3.05, 3.63) is 10.7 Å². The highest BCUT2D eigenvalue weighted by atomic mass is 32.2. The molecule has 13 heavy (non-hydrogen) atoms. The molecule has 1 heterocycles. The third kappa shape index (κ3) is 2.74. The van der Waals surface area contributed by atoms with E-state index in [9.17, 15) is 4.79 Å². The number of ether oxygens (including phenoxy) is 2. The lowest BCUT2D eigenvalue weighted by Gasteiger charge is -2.24. The van der Waals surface area contributed by atoms with Crippen molar-refractivity contribution < 1.29 is 14.3 Å². The molecule has 0 aromatic carbocycles. The topological polar surface area (TPSA) is 35.5 Å². The molecule has 1 rings (SSSR count). The van der Waals surface area contributed by atoms with Gasteiger partial charge in [0.25, 0.3) is 0 Å². The van der Waals surface area contributed by atoms with Crippen LogP contribution in [0.15, 0.2) is 10.7 Å². The molecule has 0 aliphatic carbocycles. The number of Topliss-reactive ketones (excluding diaryl/α,β-unsaturated/α-hetero) is 1. The van der Waals surface area contributed by atoms with Gasteiger partial charge in [0.05, 0.1) is 10.7 Å². The minimum atomic E-state index is -0.196. The van der Waals surface area contributed by atoms with Crippen molar-refractivity contribution >= 4 is 17.5 Å². The van der Waals surface area contributed by atoms with Crippen LogP contribution in [-0.4, -0.2) is 24.4 Å². The number of hydrogen-bond acceptors (Lipinski definition) is 4. The van der Waals surface area contributed by atoms with Crippen LogP contribution in [0.5, 0.6) is 0 Å². The molecule has 74 valence electrons. The highest BCUT2D eigenvalue weighted by Crippen LogP contribution is 2.29. The van der Waals surface area contributed by atoms with Crippen molar-refractivity contribution in [2.45, 2.75) is 27.1 Å². The fourth-order valence-corrected chi connectivity index (χ4v) is 2.08. The first-order chi connectivity index (χ1) is 6.15. The molecular formula is C9H14O3S. The quantitative estimate of drug-likeness (QED) is 0.700. The Morgan fingerprint density at radius 3 is 2.92 bits per heavy atom. The van der Waals surface area contributed by atoms with Crippen LogP contribution in [0, 0.1) is 0 Å². The average Bonchev–Trinajstić information content (AvgIpc) is 2.04. The van der Waals surface area contributed by atoms with Gasteiger partial charge in [-0.3, -0.25) is 4.79 Å². The van der Waals surface area contributed by atoms with E-state index in [1.807, 2.05) is 6.92 Å². The lowest BCUT2D eigenvalue weighted by molar-refractivity contribution is -0.115. The normalized spacial score (nSPS) is 22.8. The van der Waals surface area contributed by atoms with Crippen molar-refractivity contribution in [1.82, 2.24) is 0 Å². The summed E-state index contributed by atoms with van der Waals surface area (Å²) >= 11 is 1.51. The van der Waals surface area contributed by atoms with Gasteiger partial charge < -0.3 is 9.47 Å². The van der Waals surface area contributed by atoms with Crippen molar-refractivity contribution in [3.63, 3.8) is 0 Å². The van der Waals surface area contributed by atoms with Gasteiger partial charge in [0, 0.05) is 6.61 Å². The maximum Gasteiger partial charge on any atom is 0.208 e. The van der Waals surface area contributed by atoms with E-state index >= 15 is 0 Å². The summed E-state index contributed by atoms with van der Waals surface area (Å²) in [5, 5.41) is 0. The Bertz CT molecular complexity index is 235. The van der Waals surface area contributed by atoms with Crippen LogP contribution in [0.4, 0.5) is 0 Å². The van der Waals surface area contributed by atoms with Crippen LogP contribution in [-0.2, 0) is 14.3 Å². The first-order valence-electron chi connectivity index (χ1n) is 4.28. The largest absolute Gasteiger partial charge is 0.467 e. The van der Waals surface area contributed by atoms with Crippen LogP contribution >= 0.6 is 11.8 Å². The van der Waals surface area contributed by atoms with Crippen LogP contribution < -0.4 is 0 Å². The zero-order chi connectivity index (χ0) is 9.84. The molecule has 1 atom stereocenters. The van der Waals surface area contributed by atoms with Gasteiger partial charge in [-0.1, -0.05) is 0 Å². The molecule has 0 N–H and O–H groups in total. The molecule has 0 spiro atoms. The summed E-state index contributed by atoms with van der Waals surface area (Å²) in [4.78, 5) is 11.8. The summed E-state index contributed by atoms with van der Waals surface area (Å²) < 4.78 is 10.7. The second-order valence-corrected chi connectivity index (χ2v) is 3.79. The fraction of sp³-hybridized carbons (Fsp3) is 0.667. The molecule has 1 aliphatic rings. The maximum atomic E-state index is 11.1. The van der Waals surface area contributed by atoms with E-state index in [2.05, 4.69) is 0 Å². The SMILES string of the molecule is CCO[C@H]1CSC(C(C)=O)=C(C)O1. The molecule has 0 saturated carbocycles. The summed E-state index contributed by atoms with van der Waals surface area (Å²) in [6.45, 7) is 5.91. The number of ketones is 1. The lowest BCUT2D eigenvalue weighted by Crippen LogP contribution is -2.24. The number of thioether (sulfide) groups is 1. The summed E-state index contributed by atoms with van der Waals surface area (Å²) in [5.74, 6) is 1.44. The van der Waals surface area contributed by atoms with E-state index in [-0.39, 0.29) is 12.1 Å². The lowest BCUT2D eigenvalue weighted by atomic mass is 10.3. The Balaban J connectivity index is 2.61. The van der Waals surface area contributed by atoms with Crippen molar-refractivity contribution in [2.24, 2.45) is 0 Å². The Kier molecular flexibility index (Phi) is 3.81. The first-order valence-corrected chi connectivity index (χ1v) is 5.26.